The summed E-state index contributed by atoms with van der Waals surface area (Å²) in [5, 5.41) is 0. The normalized spacial score (nSPS) is 16.7. The van der Waals surface area contributed by atoms with Gasteiger partial charge in [-0.25, -0.2) is 0 Å². The average molecular weight is 610 g/mol. The molecule has 0 aromatic heterocycles. The summed E-state index contributed by atoms with van der Waals surface area (Å²) in [6.07, 6.45) is 0.898. The van der Waals surface area contributed by atoms with Crippen molar-refractivity contribution < 1.29 is 17.9 Å². The van der Waals surface area contributed by atoms with Crippen molar-refractivity contribution in [2.75, 3.05) is 26.2 Å². The lowest BCUT2D eigenvalue weighted by Gasteiger charge is -2.32. The van der Waals surface area contributed by atoms with Gasteiger partial charge in [0.15, 0.2) is 0 Å². The number of piperidine rings is 1. The highest BCUT2D eigenvalue weighted by Crippen LogP contribution is 2.33. The summed E-state index contributed by atoms with van der Waals surface area (Å²) in [7, 11) is 0. The van der Waals surface area contributed by atoms with E-state index in [0.717, 1.165) is 70.6 Å². The maximum atomic E-state index is 13.3. The molecule has 41 heavy (non-hydrogen) atoms. The van der Waals surface area contributed by atoms with Crippen LogP contribution in [0.4, 0.5) is 13.2 Å². The van der Waals surface area contributed by atoms with Crippen LogP contribution in [0.15, 0.2) is 66.7 Å². The van der Waals surface area contributed by atoms with Crippen LogP contribution in [0.5, 0.6) is 5.75 Å². The van der Waals surface area contributed by atoms with E-state index in [2.05, 4.69) is 59.2 Å². The van der Waals surface area contributed by atoms with Crippen LogP contribution in [0.25, 0.3) is 0 Å². The number of halogens is 5. The summed E-state index contributed by atoms with van der Waals surface area (Å²) in [6.45, 7) is 7.93. The molecule has 1 saturated heterocycles. The Morgan fingerprint density at radius 3 is 2.22 bits per heavy atom. The molecule has 3 nitrogen and oxygen atoms in total. The van der Waals surface area contributed by atoms with Crippen LogP contribution in [-0.4, -0.2) is 36.0 Å². The van der Waals surface area contributed by atoms with Gasteiger partial charge in [0.05, 0.1) is 12.2 Å². The minimum absolute atomic E-state index is 0. The smallest absolute Gasteiger partial charge is 0.416 e. The van der Waals surface area contributed by atoms with E-state index < -0.39 is 11.7 Å². The van der Waals surface area contributed by atoms with Gasteiger partial charge in [-0.15, -0.1) is 24.8 Å². The molecule has 0 radical (unpaired) electrons. The quantitative estimate of drug-likeness (QED) is 0.255. The summed E-state index contributed by atoms with van der Waals surface area (Å²) >= 11 is 0. The number of benzene rings is 3. The summed E-state index contributed by atoms with van der Waals surface area (Å²) in [4.78, 5) is 4.69. The maximum absolute atomic E-state index is 13.3. The number of ether oxygens (including phenoxy) is 1. The van der Waals surface area contributed by atoms with Gasteiger partial charge in [0.1, 0.15) is 5.75 Å². The SMILES string of the molecule is Cc1ccccc1CN1CCCc2cc(OCCC3CCN(Cc4ccccc4C(F)(F)F)CC3)ccc2C1.Cl.Cl. The lowest BCUT2D eigenvalue weighted by molar-refractivity contribution is -0.138. The van der Waals surface area contributed by atoms with Crippen molar-refractivity contribution in [3.8, 4) is 5.75 Å². The molecule has 0 atom stereocenters. The third kappa shape index (κ3) is 9.12. The van der Waals surface area contributed by atoms with Crippen LogP contribution >= 0.6 is 24.8 Å². The molecule has 2 heterocycles. The molecule has 2 aliphatic rings. The Morgan fingerprint density at radius 1 is 0.805 bits per heavy atom. The van der Waals surface area contributed by atoms with Crippen LogP contribution < -0.4 is 4.74 Å². The zero-order chi connectivity index (χ0) is 27.2. The molecule has 0 amide bonds. The Balaban J connectivity index is 0.00000231. The van der Waals surface area contributed by atoms with E-state index in [-0.39, 0.29) is 24.8 Å². The fourth-order valence-electron chi connectivity index (χ4n) is 6.01. The van der Waals surface area contributed by atoms with Crippen molar-refractivity contribution in [3.63, 3.8) is 0 Å². The van der Waals surface area contributed by atoms with E-state index in [9.17, 15) is 13.2 Å². The minimum Gasteiger partial charge on any atom is -0.494 e. The van der Waals surface area contributed by atoms with Gasteiger partial charge in [0.25, 0.3) is 0 Å². The van der Waals surface area contributed by atoms with Crippen LogP contribution in [0.1, 0.15) is 59.1 Å². The molecule has 2 aliphatic heterocycles. The van der Waals surface area contributed by atoms with Gasteiger partial charge in [0.2, 0.25) is 0 Å². The molecular weight excluding hydrogens is 568 g/mol. The van der Waals surface area contributed by atoms with E-state index >= 15 is 0 Å². The van der Waals surface area contributed by atoms with E-state index in [1.54, 1.807) is 12.1 Å². The molecule has 0 aliphatic carbocycles. The fraction of sp³-hybridized carbons (Fsp3) is 0.455. The van der Waals surface area contributed by atoms with Crippen molar-refractivity contribution in [2.24, 2.45) is 5.92 Å². The van der Waals surface area contributed by atoms with Crippen molar-refractivity contribution in [2.45, 2.75) is 64.8 Å². The zero-order valence-electron chi connectivity index (χ0n) is 23.7. The topological polar surface area (TPSA) is 15.7 Å². The van der Waals surface area contributed by atoms with E-state index in [4.69, 9.17) is 4.74 Å². The Bertz CT molecular complexity index is 1250. The maximum Gasteiger partial charge on any atom is 0.416 e. The number of hydrogen-bond donors (Lipinski definition) is 0. The van der Waals surface area contributed by atoms with Gasteiger partial charge in [-0.2, -0.15) is 13.2 Å². The Kier molecular flexibility index (Phi) is 12.4. The zero-order valence-corrected chi connectivity index (χ0v) is 25.3. The molecule has 224 valence electrons. The van der Waals surface area contributed by atoms with Crippen molar-refractivity contribution in [1.82, 2.24) is 9.80 Å². The van der Waals surface area contributed by atoms with Crippen molar-refractivity contribution >= 4 is 24.8 Å². The second-order valence-corrected chi connectivity index (χ2v) is 11.2. The molecular formula is C33H41Cl2F3N2O. The predicted molar refractivity (Wildman–Crippen MR) is 164 cm³/mol. The Morgan fingerprint density at radius 2 is 1.49 bits per heavy atom. The number of hydrogen-bond acceptors (Lipinski definition) is 3. The third-order valence-corrected chi connectivity index (χ3v) is 8.37. The summed E-state index contributed by atoms with van der Waals surface area (Å²) in [5.74, 6) is 1.50. The van der Waals surface area contributed by atoms with Gasteiger partial charge in [-0.3, -0.25) is 9.80 Å². The first-order chi connectivity index (χ1) is 18.8. The molecule has 0 saturated carbocycles. The third-order valence-electron chi connectivity index (χ3n) is 8.37. The standard InChI is InChI=1S/C33H39F3N2O.2ClH/c1-25-7-2-3-8-28(25)22-38-17-6-10-27-21-31(13-12-29(27)23-38)39-20-16-26-14-18-37(19-15-26)24-30-9-4-5-11-32(30)33(34,35)36;;/h2-5,7-9,11-13,21,26H,6,10,14-20,22-24H2,1H3;2*1H. The van der Waals surface area contributed by atoms with Crippen LogP contribution in [-0.2, 0) is 32.2 Å². The first-order valence-electron chi connectivity index (χ1n) is 14.2. The summed E-state index contributed by atoms with van der Waals surface area (Å²) in [5.41, 5.74) is 5.40. The second kappa shape index (κ2) is 15.3. The molecule has 3 aromatic rings. The molecule has 5 rings (SSSR count). The molecule has 1 fully saturated rings. The Hall–Kier alpha value is -2.25. The van der Waals surface area contributed by atoms with E-state index in [0.29, 0.717) is 24.6 Å². The summed E-state index contributed by atoms with van der Waals surface area (Å²) < 4.78 is 46.2. The van der Waals surface area contributed by atoms with Gasteiger partial charge in [-0.1, -0.05) is 48.5 Å². The highest BCUT2D eigenvalue weighted by molar-refractivity contribution is 5.85. The van der Waals surface area contributed by atoms with E-state index in [1.807, 2.05) is 0 Å². The molecule has 0 N–H and O–H groups in total. The van der Waals surface area contributed by atoms with Crippen LogP contribution in [0.3, 0.4) is 0 Å². The van der Waals surface area contributed by atoms with Crippen molar-refractivity contribution in [1.29, 1.82) is 0 Å². The van der Waals surface area contributed by atoms with Crippen molar-refractivity contribution in [3.05, 3.63) is 100 Å². The summed E-state index contributed by atoms with van der Waals surface area (Å²) in [6, 6.07) is 21.2. The molecule has 0 bridgehead atoms. The molecule has 0 spiro atoms. The first kappa shape index (κ1) is 33.3. The minimum atomic E-state index is -4.30. The van der Waals surface area contributed by atoms with E-state index in [1.165, 1.54) is 34.4 Å². The highest BCUT2D eigenvalue weighted by atomic mass is 35.5. The number of alkyl halides is 3. The average Bonchev–Trinajstić information content (AvgIpc) is 3.12. The van der Waals surface area contributed by atoms with Gasteiger partial charge in [-0.05, 0) is 111 Å². The number of nitrogens with zero attached hydrogens (tertiary/aromatic N) is 2. The monoisotopic (exact) mass is 608 g/mol. The highest BCUT2D eigenvalue weighted by Gasteiger charge is 2.33. The predicted octanol–water partition coefficient (Wildman–Crippen LogP) is 8.49. The lowest BCUT2D eigenvalue weighted by Crippen LogP contribution is -2.34. The van der Waals surface area contributed by atoms with Crippen LogP contribution in [0, 0.1) is 12.8 Å². The number of aryl methyl sites for hydroxylation is 2. The first-order valence-corrected chi connectivity index (χ1v) is 14.2. The number of likely N-dealkylation sites (tertiary alicyclic amines) is 1. The largest absolute Gasteiger partial charge is 0.494 e. The Labute approximate surface area is 254 Å². The molecule has 0 unspecified atom stereocenters. The lowest BCUT2D eigenvalue weighted by atomic mass is 9.93. The number of fused-ring (bicyclic) bond motifs is 1. The molecule has 3 aromatic carbocycles. The van der Waals surface area contributed by atoms with Gasteiger partial charge < -0.3 is 4.74 Å². The number of rotatable bonds is 8. The van der Waals surface area contributed by atoms with Crippen LogP contribution in [0.2, 0.25) is 0 Å². The second-order valence-electron chi connectivity index (χ2n) is 11.2. The van der Waals surface area contributed by atoms with Gasteiger partial charge >= 0.3 is 6.18 Å². The van der Waals surface area contributed by atoms with Gasteiger partial charge in [0, 0.05) is 19.6 Å². The fourth-order valence-corrected chi connectivity index (χ4v) is 6.01. The molecule has 8 heteroatoms.